The Kier molecular flexibility index (Phi) is 24.6. The molecule has 0 rings (SSSR count). The maximum atomic E-state index is 11.5. The molecule has 4 nitrogen and oxygen atoms in total. The van der Waals surface area contributed by atoms with Crippen molar-refractivity contribution in [2.45, 2.75) is 141 Å². The maximum Gasteiger partial charge on any atom is 1.00 e. The quantitative estimate of drug-likeness (QED) is 0.177. The first kappa shape index (κ1) is 31.7. The van der Waals surface area contributed by atoms with Crippen molar-refractivity contribution in [1.82, 2.24) is 0 Å². The maximum absolute atomic E-state index is 11.5. The van der Waals surface area contributed by atoms with Crippen LogP contribution in [0.5, 0.6) is 0 Å². The van der Waals surface area contributed by atoms with Crippen molar-refractivity contribution >= 4 is 10.1 Å². The summed E-state index contributed by atoms with van der Waals surface area (Å²) in [7, 11) is -4.18. The van der Waals surface area contributed by atoms with E-state index in [2.05, 4.69) is 13.8 Å². The van der Waals surface area contributed by atoms with Crippen LogP contribution < -0.4 is 51.4 Å². The van der Waals surface area contributed by atoms with Crippen LogP contribution in [0.4, 0.5) is 0 Å². The van der Waals surface area contributed by atoms with Crippen LogP contribution in [0.2, 0.25) is 0 Å². The summed E-state index contributed by atoms with van der Waals surface area (Å²) in [6, 6.07) is 0. The summed E-state index contributed by atoms with van der Waals surface area (Å²) < 4.78 is 34.5. The first-order valence-electron chi connectivity index (χ1n) is 11.5. The number of hydrogen-bond acceptors (Lipinski definition) is 4. The molecule has 0 aromatic carbocycles. The minimum absolute atomic E-state index is 0. The molecule has 0 aliphatic rings. The Morgan fingerprint density at radius 3 is 1.43 bits per heavy atom. The van der Waals surface area contributed by atoms with Crippen LogP contribution in [0.25, 0.3) is 0 Å². The molecule has 0 fully saturated rings. The van der Waals surface area contributed by atoms with Gasteiger partial charge < -0.3 is 9.66 Å². The molecule has 0 amide bonds. The fourth-order valence-corrected chi connectivity index (χ4v) is 4.61. The molecular weight excluding hydrogens is 399 g/mol. The number of unbranched alkanes of at least 4 members (excludes halogenated alkanes) is 11. The van der Waals surface area contributed by atoms with Gasteiger partial charge in [0, 0.05) is 5.25 Å². The zero-order valence-electron chi connectivity index (χ0n) is 19.0. The van der Waals surface area contributed by atoms with Gasteiger partial charge in [0.2, 0.25) is 0 Å². The monoisotopic (exact) mass is 444 g/mol. The third kappa shape index (κ3) is 20.8. The van der Waals surface area contributed by atoms with Crippen molar-refractivity contribution in [2.24, 2.45) is 0 Å². The van der Waals surface area contributed by atoms with E-state index in [1.54, 1.807) is 0 Å². The number of aliphatic hydroxyl groups excluding tert-OH is 1. The van der Waals surface area contributed by atoms with Gasteiger partial charge in [0.05, 0.1) is 16.2 Å². The third-order valence-corrected chi connectivity index (χ3v) is 6.76. The van der Waals surface area contributed by atoms with Crippen LogP contribution in [0.15, 0.2) is 0 Å². The summed E-state index contributed by atoms with van der Waals surface area (Å²) in [5, 5.41) is 8.99. The van der Waals surface area contributed by atoms with Crippen LogP contribution in [-0.4, -0.2) is 29.4 Å². The van der Waals surface area contributed by atoms with Crippen LogP contribution >= 0.6 is 0 Å². The van der Waals surface area contributed by atoms with E-state index in [4.69, 9.17) is 0 Å². The Hall–Kier alpha value is 1.51. The Morgan fingerprint density at radius 2 is 1.04 bits per heavy atom. The minimum Gasteiger partial charge on any atom is -0.748 e. The second kappa shape index (κ2) is 21.7. The van der Waals surface area contributed by atoms with Crippen molar-refractivity contribution in [1.29, 1.82) is 0 Å². The molecule has 28 heavy (non-hydrogen) atoms. The molecule has 6 heteroatoms. The molecule has 0 aliphatic carbocycles. The van der Waals surface area contributed by atoms with Crippen LogP contribution in [0, 0.1) is 0 Å². The summed E-state index contributed by atoms with van der Waals surface area (Å²) >= 11 is 0. The van der Waals surface area contributed by atoms with Gasteiger partial charge in [0.15, 0.2) is 0 Å². The van der Waals surface area contributed by atoms with Gasteiger partial charge in [-0.25, -0.2) is 8.42 Å². The molecule has 0 spiro atoms. The molecule has 2 atom stereocenters. The van der Waals surface area contributed by atoms with Crippen molar-refractivity contribution in [3.05, 3.63) is 0 Å². The molecule has 0 bridgehead atoms. The van der Waals surface area contributed by atoms with E-state index in [1.165, 1.54) is 38.5 Å². The van der Waals surface area contributed by atoms with Gasteiger partial charge in [0.1, 0.15) is 0 Å². The number of rotatable bonds is 20. The molecule has 164 valence electrons. The Morgan fingerprint density at radius 1 is 0.643 bits per heavy atom. The molecule has 0 aromatic rings. The van der Waals surface area contributed by atoms with Gasteiger partial charge in [-0.1, -0.05) is 104 Å². The van der Waals surface area contributed by atoms with Crippen molar-refractivity contribution in [3.8, 4) is 0 Å². The standard InChI is InChI=1S/C22H46O4S.K/c1-3-5-6-7-8-9-10-11-15-19-22(27(24,25)26)20-16-13-12-14-18-21(23)17-4-2;/h21-23H,3-20H2,1-2H3,(H,24,25,26);/q;+1/p-1. The first-order valence-corrected chi connectivity index (χ1v) is 13.0. The average molecular weight is 445 g/mol. The van der Waals surface area contributed by atoms with Crippen LogP contribution in [0.1, 0.15) is 129 Å². The topological polar surface area (TPSA) is 77.4 Å². The molecule has 0 radical (unpaired) electrons. The van der Waals surface area contributed by atoms with Crippen LogP contribution in [-0.2, 0) is 10.1 Å². The van der Waals surface area contributed by atoms with Gasteiger partial charge in [-0.2, -0.15) is 0 Å². The fourth-order valence-electron chi connectivity index (χ4n) is 3.70. The predicted molar refractivity (Wildman–Crippen MR) is 114 cm³/mol. The van der Waals surface area contributed by atoms with Gasteiger partial charge in [0.25, 0.3) is 0 Å². The molecule has 0 aliphatic heterocycles. The normalized spacial score (nSPS) is 13.9. The molecule has 0 saturated carbocycles. The summed E-state index contributed by atoms with van der Waals surface area (Å²) in [6.07, 6.45) is 18.0. The molecule has 0 saturated heterocycles. The average Bonchev–Trinajstić information content (AvgIpc) is 2.60. The van der Waals surface area contributed by atoms with Gasteiger partial charge >= 0.3 is 51.4 Å². The Bertz CT molecular complexity index is 415. The number of aliphatic hydroxyl groups is 1. The van der Waals surface area contributed by atoms with E-state index in [0.29, 0.717) is 12.8 Å². The fraction of sp³-hybridized carbons (Fsp3) is 1.00. The number of hydrogen-bond donors (Lipinski definition) is 1. The van der Waals surface area contributed by atoms with E-state index in [-0.39, 0.29) is 57.5 Å². The Labute approximate surface area is 218 Å². The van der Waals surface area contributed by atoms with Gasteiger partial charge in [-0.3, -0.25) is 0 Å². The van der Waals surface area contributed by atoms with Crippen molar-refractivity contribution < 1.29 is 69.5 Å². The minimum atomic E-state index is -4.18. The van der Waals surface area contributed by atoms with Crippen molar-refractivity contribution in [2.75, 3.05) is 0 Å². The second-order valence-corrected chi connectivity index (χ2v) is 9.82. The van der Waals surface area contributed by atoms with Gasteiger partial charge in [-0.15, -0.1) is 0 Å². The zero-order valence-corrected chi connectivity index (χ0v) is 22.9. The summed E-state index contributed by atoms with van der Waals surface area (Å²) in [4.78, 5) is 0. The second-order valence-electron chi connectivity index (χ2n) is 8.17. The van der Waals surface area contributed by atoms with Crippen LogP contribution in [0.3, 0.4) is 0 Å². The SMILES string of the molecule is CCCCCCCCCCCC(CCCCCCC(O)CCC)S(=O)(=O)[O-].[K+]. The summed E-state index contributed by atoms with van der Waals surface area (Å²) in [6.45, 7) is 4.29. The molecule has 2 unspecified atom stereocenters. The zero-order chi connectivity index (χ0) is 20.4. The summed E-state index contributed by atoms with van der Waals surface area (Å²) in [5.41, 5.74) is 0. The van der Waals surface area contributed by atoms with E-state index in [0.717, 1.165) is 64.2 Å². The van der Waals surface area contributed by atoms with Gasteiger partial charge in [-0.05, 0) is 25.7 Å². The van der Waals surface area contributed by atoms with E-state index in [9.17, 15) is 18.1 Å². The third-order valence-electron chi connectivity index (χ3n) is 5.47. The largest absolute Gasteiger partial charge is 1.00 e. The summed E-state index contributed by atoms with van der Waals surface area (Å²) in [5.74, 6) is 0. The van der Waals surface area contributed by atoms with E-state index in [1.807, 2.05) is 0 Å². The van der Waals surface area contributed by atoms with E-state index < -0.39 is 15.4 Å². The predicted octanol–water partition coefficient (Wildman–Crippen LogP) is 3.33. The Balaban J connectivity index is 0. The first-order chi connectivity index (χ1) is 12.9. The molecular formula is C22H45KO4S. The molecule has 1 N–H and O–H groups in total. The molecule has 0 heterocycles. The smallest absolute Gasteiger partial charge is 0.748 e. The molecule has 0 aromatic heterocycles. The van der Waals surface area contributed by atoms with E-state index >= 15 is 0 Å². The van der Waals surface area contributed by atoms with Crippen molar-refractivity contribution in [3.63, 3.8) is 0 Å².